The molecule has 1 amide bonds. The molecule has 0 bridgehead atoms. The maximum Gasteiger partial charge on any atom is 0.244 e. The molecule has 1 unspecified atom stereocenters. The number of aliphatic hydroxyl groups excluding tert-OH is 1. The van der Waals surface area contributed by atoms with Gasteiger partial charge >= 0.3 is 0 Å². The van der Waals surface area contributed by atoms with Crippen molar-refractivity contribution in [2.45, 2.75) is 19.9 Å². The molecule has 0 radical (unpaired) electrons. The van der Waals surface area contributed by atoms with Crippen molar-refractivity contribution in [2.75, 3.05) is 6.61 Å². The molecule has 18 heavy (non-hydrogen) atoms. The van der Waals surface area contributed by atoms with Crippen molar-refractivity contribution >= 4 is 27.9 Å². The van der Waals surface area contributed by atoms with Gasteiger partial charge < -0.3 is 10.4 Å². The third kappa shape index (κ3) is 5.02. The van der Waals surface area contributed by atoms with Crippen LogP contribution in [0.5, 0.6) is 0 Å². The molecule has 2 N–H and O–H groups in total. The smallest absolute Gasteiger partial charge is 0.244 e. The highest BCUT2D eigenvalue weighted by Crippen LogP contribution is 2.11. The first-order valence-corrected chi connectivity index (χ1v) is 6.67. The number of hydrogen-bond donors (Lipinski definition) is 2. The molecule has 3 nitrogen and oxygen atoms in total. The molecular weight excluding hydrogens is 294 g/mol. The fraction of sp³-hybridized carbons (Fsp3) is 0.357. The van der Waals surface area contributed by atoms with Crippen LogP contribution in [0, 0.1) is 5.92 Å². The van der Waals surface area contributed by atoms with E-state index in [1.807, 2.05) is 38.1 Å². The first kappa shape index (κ1) is 14.9. The largest absolute Gasteiger partial charge is 0.394 e. The molecule has 0 heterocycles. The molecule has 1 atom stereocenters. The zero-order chi connectivity index (χ0) is 13.5. The summed E-state index contributed by atoms with van der Waals surface area (Å²) in [7, 11) is 0. The van der Waals surface area contributed by atoms with E-state index in [9.17, 15) is 4.79 Å². The van der Waals surface area contributed by atoms with Gasteiger partial charge in [0.1, 0.15) is 0 Å². The summed E-state index contributed by atoms with van der Waals surface area (Å²) in [6, 6.07) is 7.47. The van der Waals surface area contributed by atoms with E-state index in [0.717, 1.165) is 10.0 Å². The van der Waals surface area contributed by atoms with Crippen LogP contribution < -0.4 is 5.32 Å². The standard InChI is InChI=1S/C14H18BrNO2/c1-10(2)13(9-17)16-14(18)8-5-11-3-6-12(15)7-4-11/h3-8,10,13,17H,9H2,1-2H3,(H,16,18)/b8-5+. The third-order valence-corrected chi connectivity index (χ3v) is 3.15. The minimum atomic E-state index is -0.202. The number of amides is 1. The molecule has 4 heteroatoms. The van der Waals surface area contributed by atoms with Crippen molar-refractivity contribution in [1.82, 2.24) is 5.32 Å². The average Bonchev–Trinajstić information content (AvgIpc) is 2.35. The normalized spacial score (nSPS) is 12.9. The summed E-state index contributed by atoms with van der Waals surface area (Å²) in [6.45, 7) is 3.87. The van der Waals surface area contributed by atoms with Gasteiger partial charge in [-0.25, -0.2) is 0 Å². The summed E-state index contributed by atoms with van der Waals surface area (Å²) in [4.78, 5) is 11.6. The van der Waals surface area contributed by atoms with Crippen LogP contribution in [0.25, 0.3) is 6.08 Å². The minimum Gasteiger partial charge on any atom is -0.394 e. The molecule has 0 saturated carbocycles. The molecule has 1 rings (SSSR count). The van der Waals surface area contributed by atoms with Crippen LogP contribution >= 0.6 is 15.9 Å². The molecule has 0 spiro atoms. The highest BCUT2D eigenvalue weighted by atomic mass is 79.9. The van der Waals surface area contributed by atoms with E-state index in [2.05, 4.69) is 21.2 Å². The molecule has 0 saturated heterocycles. The van der Waals surface area contributed by atoms with Crippen LogP contribution in [-0.2, 0) is 4.79 Å². The van der Waals surface area contributed by atoms with Crippen LogP contribution in [-0.4, -0.2) is 23.7 Å². The monoisotopic (exact) mass is 311 g/mol. The van der Waals surface area contributed by atoms with Crippen molar-refractivity contribution in [1.29, 1.82) is 0 Å². The van der Waals surface area contributed by atoms with Crippen LogP contribution in [0.4, 0.5) is 0 Å². The van der Waals surface area contributed by atoms with Gasteiger partial charge in [0.25, 0.3) is 0 Å². The second-order valence-corrected chi connectivity index (χ2v) is 5.34. The van der Waals surface area contributed by atoms with Gasteiger partial charge in [0.2, 0.25) is 5.91 Å². The molecule has 0 aliphatic heterocycles. The summed E-state index contributed by atoms with van der Waals surface area (Å²) >= 11 is 3.35. The van der Waals surface area contributed by atoms with Crippen molar-refractivity contribution in [3.05, 3.63) is 40.4 Å². The number of benzene rings is 1. The maximum atomic E-state index is 11.6. The van der Waals surface area contributed by atoms with Gasteiger partial charge in [-0.1, -0.05) is 41.9 Å². The van der Waals surface area contributed by atoms with E-state index in [1.165, 1.54) is 6.08 Å². The van der Waals surface area contributed by atoms with Crippen LogP contribution in [0.3, 0.4) is 0 Å². The second kappa shape index (κ2) is 7.34. The molecule has 0 fully saturated rings. The van der Waals surface area contributed by atoms with Gasteiger partial charge in [-0.2, -0.15) is 0 Å². The highest BCUT2D eigenvalue weighted by Gasteiger charge is 2.12. The summed E-state index contributed by atoms with van der Waals surface area (Å²) < 4.78 is 1.00. The van der Waals surface area contributed by atoms with Crippen molar-refractivity contribution in [2.24, 2.45) is 5.92 Å². The number of hydrogen-bond acceptors (Lipinski definition) is 2. The number of carbonyl (C=O) groups is 1. The summed E-state index contributed by atoms with van der Waals surface area (Å²) in [6.07, 6.45) is 3.23. The van der Waals surface area contributed by atoms with Crippen LogP contribution in [0.1, 0.15) is 19.4 Å². The second-order valence-electron chi connectivity index (χ2n) is 4.43. The summed E-state index contributed by atoms with van der Waals surface area (Å²) in [5, 5.41) is 11.9. The Morgan fingerprint density at radius 3 is 2.50 bits per heavy atom. The zero-order valence-electron chi connectivity index (χ0n) is 10.6. The number of halogens is 1. The molecule has 0 aliphatic rings. The topological polar surface area (TPSA) is 49.3 Å². The lowest BCUT2D eigenvalue weighted by Crippen LogP contribution is -2.40. The van der Waals surface area contributed by atoms with Crippen molar-refractivity contribution in [3.8, 4) is 0 Å². The van der Waals surface area contributed by atoms with E-state index in [-0.39, 0.29) is 24.5 Å². The van der Waals surface area contributed by atoms with E-state index in [0.29, 0.717) is 0 Å². The van der Waals surface area contributed by atoms with Gasteiger partial charge in [0, 0.05) is 10.5 Å². The zero-order valence-corrected chi connectivity index (χ0v) is 12.1. The van der Waals surface area contributed by atoms with E-state index in [1.54, 1.807) is 6.08 Å². The number of nitrogens with one attached hydrogen (secondary N) is 1. The quantitative estimate of drug-likeness (QED) is 0.821. The molecule has 0 aliphatic carbocycles. The maximum absolute atomic E-state index is 11.6. The molecular formula is C14H18BrNO2. The van der Waals surface area contributed by atoms with E-state index < -0.39 is 0 Å². The lowest BCUT2D eigenvalue weighted by atomic mass is 10.1. The molecule has 0 aromatic heterocycles. The SMILES string of the molecule is CC(C)C(CO)NC(=O)/C=C/c1ccc(Br)cc1. The molecule has 98 valence electrons. The first-order valence-electron chi connectivity index (χ1n) is 5.88. The highest BCUT2D eigenvalue weighted by molar-refractivity contribution is 9.10. The average molecular weight is 312 g/mol. The number of aliphatic hydroxyl groups is 1. The van der Waals surface area contributed by atoms with Gasteiger partial charge in [-0.05, 0) is 29.7 Å². The predicted octanol–water partition coefficient (Wildman–Crippen LogP) is 2.60. The van der Waals surface area contributed by atoms with Crippen molar-refractivity contribution in [3.63, 3.8) is 0 Å². The Labute approximate surface area is 116 Å². The molecule has 1 aromatic rings. The Hall–Kier alpha value is -1.13. The Bertz CT molecular complexity index is 412. The van der Waals surface area contributed by atoms with Gasteiger partial charge in [0.15, 0.2) is 0 Å². The van der Waals surface area contributed by atoms with Gasteiger partial charge in [0.05, 0.1) is 12.6 Å². The summed E-state index contributed by atoms with van der Waals surface area (Å²) in [5.74, 6) is 0.0192. The Morgan fingerprint density at radius 1 is 1.39 bits per heavy atom. The lowest BCUT2D eigenvalue weighted by molar-refractivity contribution is -0.117. The number of rotatable bonds is 5. The minimum absolute atomic E-state index is 0.0461. The predicted molar refractivity (Wildman–Crippen MR) is 77.0 cm³/mol. The lowest BCUT2D eigenvalue weighted by Gasteiger charge is -2.18. The third-order valence-electron chi connectivity index (χ3n) is 2.63. The fourth-order valence-electron chi connectivity index (χ4n) is 1.40. The summed E-state index contributed by atoms with van der Waals surface area (Å²) in [5.41, 5.74) is 0.957. The first-order chi connectivity index (χ1) is 8.52. The van der Waals surface area contributed by atoms with Gasteiger partial charge in [-0.3, -0.25) is 4.79 Å². The van der Waals surface area contributed by atoms with E-state index >= 15 is 0 Å². The van der Waals surface area contributed by atoms with Crippen LogP contribution in [0.15, 0.2) is 34.8 Å². The Kier molecular flexibility index (Phi) is 6.09. The Morgan fingerprint density at radius 2 is 2.00 bits per heavy atom. The fourth-order valence-corrected chi connectivity index (χ4v) is 1.66. The van der Waals surface area contributed by atoms with Crippen LogP contribution in [0.2, 0.25) is 0 Å². The number of carbonyl (C=O) groups excluding carboxylic acids is 1. The Balaban J connectivity index is 2.56. The van der Waals surface area contributed by atoms with E-state index in [4.69, 9.17) is 5.11 Å². The van der Waals surface area contributed by atoms with Crippen molar-refractivity contribution < 1.29 is 9.90 Å². The van der Waals surface area contributed by atoms with Gasteiger partial charge in [-0.15, -0.1) is 0 Å². The molecule has 1 aromatic carbocycles.